The zero-order chi connectivity index (χ0) is 15.2. The van der Waals surface area contributed by atoms with Gasteiger partial charge in [-0.2, -0.15) is 0 Å². The van der Waals surface area contributed by atoms with Gasteiger partial charge in [0.25, 0.3) is 0 Å². The molecule has 1 aromatic rings. The van der Waals surface area contributed by atoms with Crippen molar-refractivity contribution in [1.82, 2.24) is 10.6 Å². The second kappa shape index (κ2) is 7.73. The number of carbonyl (C=O) groups is 1. The third-order valence-corrected chi connectivity index (χ3v) is 4.05. The molecule has 2 rings (SSSR count). The van der Waals surface area contributed by atoms with Gasteiger partial charge in [0.2, 0.25) is 5.91 Å². The van der Waals surface area contributed by atoms with E-state index in [1.54, 1.807) is 12.1 Å². The van der Waals surface area contributed by atoms with Crippen LogP contribution in [0.5, 0.6) is 0 Å². The molecule has 3 N–H and O–H groups in total. The standard InChI is InChI=1S/C15H20ClFN2O2/c16-13-3-1-2-10(15(13)17)8-19-14(21)9-18-11-4-6-12(20)7-5-11/h1-3,11-12,18,20H,4-9H2,(H,19,21). The summed E-state index contributed by atoms with van der Waals surface area (Å²) in [6.45, 7) is 0.319. The Kier molecular flexibility index (Phi) is 5.96. The van der Waals surface area contributed by atoms with E-state index in [2.05, 4.69) is 10.6 Å². The SMILES string of the molecule is O=C(CNC1CCC(O)CC1)NCc1cccc(Cl)c1F. The molecule has 0 atom stereocenters. The minimum absolute atomic E-state index is 0.0561. The van der Waals surface area contributed by atoms with E-state index in [-0.39, 0.29) is 36.2 Å². The van der Waals surface area contributed by atoms with Gasteiger partial charge in [0.15, 0.2) is 0 Å². The summed E-state index contributed by atoms with van der Waals surface area (Å²) in [5.41, 5.74) is 0.372. The summed E-state index contributed by atoms with van der Waals surface area (Å²) in [6.07, 6.45) is 3.08. The molecule has 1 aliphatic carbocycles. The molecule has 1 saturated carbocycles. The molecule has 0 spiro atoms. The second-order valence-electron chi connectivity index (χ2n) is 5.38. The van der Waals surface area contributed by atoms with Crippen molar-refractivity contribution in [3.63, 3.8) is 0 Å². The van der Waals surface area contributed by atoms with E-state index in [9.17, 15) is 14.3 Å². The van der Waals surface area contributed by atoms with E-state index in [0.29, 0.717) is 5.56 Å². The molecule has 1 aliphatic rings. The highest BCUT2D eigenvalue weighted by Crippen LogP contribution is 2.18. The Morgan fingerprint density at radius 2 is 2.05 bits per heavy atom. The van der Waals surface area contributed by atoms with Crippen molar-refractivity contribution in [2.24, 2.45) is 0 Å². The number of aliphatic hydroxyl groups excluding tert-OH is 1. The summed E-state index contributed by atoms with van der Waals surface area (Å²) in [7, 11) is 0. The number of hydrogen-bond donors (Lipinski definition) is 3. The minimum atomic E-state index is -0.492. The molecular weight excluding hydrogens is 295 g/mol. The van der Waals surface area contributed by atoms with Crippen LogP contribution in [-0.2, 0) is 11.3 Å². The Balaban J connectivity index is 1.71. The van der Waals surface area contributed by atoms with Gasteiger partial charge >= 0.3 is 0 Å². The topological polar surface area (TPSA) is 61.4 Å². The molecule has 1 fully saturated rings. The Hall–Kier alpha value is -1.17. The van der Waals surface area contributed by atoms with E-state index in [1.807, 2.05) is 0 Å². The largest absolute Gasteiger partial charge is 0.393 e. The molecular formula is C15H20ClFN2O2. The first-order valence-corrected chi connectivity index (χ1v) is 7.55. The average molecular weight is 315 g/mol. The molecule has 116 valence electrons. The van der Waals surface area contributed by atoms with E-state index in [1.165, 1.54) is 6.07 Å². The molecule has 0 aromatic heterocycles. The lowest BCUT2D eigenvalue weighted by atomic mass is 9.93. The van der Waals surface area contributed by atoms with E-state index in [4.69, 9.17) is 11.6 Å². The number of rotatable bonds is 5. The van der Waals surface area contributed by atoms with Crippen LogP contribution < -0.4 is 10.6 Å². The molecule has 6 heteroatoms. The number of hydrogen-bond acceptors (Lipinski definition) is 3. The predicted octanol–water partition coefficient (Wildman–Crippen LogP) is 1.99. The maximum Gasteiger partial charge on any atom is 0.234 e. The van der Waals surface area contributed by atoms with Gasteiger partial charge in [-0.25, -0.2) is 4.39 Å². The second-order valence-corrected chi connectivity index (χ2v) is 5.78. The van der Waals surface area contributed by atoms with Gasteiger partial charge in [-0.15, -0.1) is 0 Å². The van der Waals surface area contributed by atoms with Gasteiger partial charge < -0.3 is 15.7 Å². The van der Waals surface area contributed by atoms with Gasteiger partial charge in [-0.1, -0.05) is 23.7 Å². The number of carbonyl (C=O) groups excluding carboxylic acids is 1. The lowest BCUT2D eigenvalue weighted by molar-refractivity contribution is -0.120. The van der Waals surface area contributed by atoms with Crippen LogP contribution in [0.4, 0.5) is 4.39 Å². The van der Waals surface area contributed by atoms with Gasteiger partial charge in [-0.05, 0) is 31.7 Å². The quantitative estimate of drug-likeness (QED) is 0.779. The molecule has 1 aromatic carbocycles. The first-order chi connectivity index (χ1) is 10.1. The van der Waals surface area contributed by atoms with Crippen molar-refractivity contribution >= 4 is 17.5 Å². The molecule has 0 bridgehead atoms. The van der Waals surface area contributed by atoms with E-state index < -0.39 is 5.82 Å². The van der Waals surface area contributed by atoms with Crippen molar-refractivity contribution in [1.29, 1.82) is 0 Å². The summed E-state index contributed by atoms with van der Waals surface area (Å²) in [5, 5.41) is 15.3. The number of aliphatic hydroxyl groups is 1. The van der Waals surface area contributed by atoms with Crippen LogP contribution in [0.2, 0.25) is 5.02 Å². The number of nitrogens with one attached hydrogen (secondary N) is 2. The molecule has 0 radical (unpaired) electrons. The van der Waals surface area contributed by atoms with Gasteiger partial charge in [0.05, 0.1) is 17.7 Å². The average Bonchev–Trinajstić information content (AvgIpc) is 2.48. The van der Waals surface area contributed by atoms with Gasteiger partial charge in [-0.3, -0.25) is 4.79 Å². The van der Waals surface area contributed by atoms with Crippen LogP contribution >= 0.6 is 11.6 Å². The maximum absolute atomic E-state index is 13.6. The first kappa shape index (κ1) is 16.2. The molecule has 0 saturated heterocycles. The van der Waals surface area contributed by atoms with E-state index in [0.717, 1.165) is 25.7 Å². The smallest absolute Gasteiger partial charge is 0.234 e. The minimum Gasteiger partial charge on any atom is -0.393 e. The Morgan fingerprint density at radius 3 is 2.76 bits per heavy atom. The van der Waals surface area contributed by atoms with Crippen LogP contribution in [0.25, 0.3) is 0 Å². The fraction of sp³-hybridized carbons (Fsp3) is 0.533. The number of amides is 1. The highest BCUT2D eigenvalue weighted by atomic mass is 35.5. The van der Waals surface area contributed by atoms with Crippen molar-refractivity contribution in [2.75, 3.05) is 6.54 Å². The zero-order valence-corrected chi connectivity index (χ0v) is 12.5. The van der Waals surface area contributed by atoms with E-state index >= 15 is 0 Å². The number of halogens is 2. The van der Waals surface area contributed by atoms with Crippen molar-refractivity contribution in [3.05, 3.63) is 34.6 Å². The molecule has 0 unspecified atom stereocenters. The third-order valence-electron chi connectivity index (χ3n) is 3.76. The summed E-state index contributed by atoms with van der Waals surface area (Å²) >= 11 is 5.68. The summed E-state index contributed by atoms with van der Waals surface area (Å²) < 4.78 is 13.6. The highest BCUT2D eigenvalue weighted by Gasteiger charge is 2.19. The summed E-state index contributed by atoms with van der Waals surface area (Å²) in [5.74, 6) is -0.672. The Morgan fingerprint density at radius 1 is 1.33 bits per heavy atom. The van der Waals surface area contributed by atoms with Gasteiger partial charge in [0, 0.05) is 18.2 Å². The molecule has 0 heterocycles. The lowest BCUT2D eigenvalue weighted by Crippen LogP contribution is -2.41. The van der Waals surface area contributed by atoms with Crippen LogP contribution in [0, 0.1) is 5.82 Å². The summed E-state index contributed by atoms with van der Waals surface area (Å²) in [6, 6.07) is 4.99. The highest BCUT2D eigenvalue weighted by molar-refractivity contribution is 6.30. The normalized spacial score (nSPS) is 22.0. The lowest BCUT2D eigenvalue weighted by Gasteiger charge is -2.26. The maximum atomic E-state index is 13.6. The number of benzene rings is 1. The van der Waals surface area contributed by atoms with Crippen LogP contribution in [0.15, 0.2) is 18.2 Å². The van der Waals surface area contributed by atoms with Crippen molar-refractivity contribution in [3.8, 4) is 0 Å². The van der Waals surface area contributed by atoms with Crippen LogP contribution in [0.1, 0.15) is 31.2 Å². The zero-order valence-electron chi connectivity index (χ0n) is 11.7. The van der Waals surface area contributed by atoms with Crippen molar-refractivity contribution in [2.45, 2.75) is 44.4 Å². The molecule has 0 aliphatic heterocycles. The molecule has 21 heavy (non-hydrogen) atoms. The summed E-state index contributed by atoms with van der Waals surface area (Å²) in [4.78, 5) is 11.7. The molecule has 4 nitrogen and oxygen atoms in total. The monoisotopic (exact) mass is 314 g/mol. The fourth-order valence-electron chi connectivity index (χ4n) is 2.46. The molecule has 1 amide bonds. The van der Waals surface area contributed by atoms with Gasteiger partial charge in [0.1, 0.15) is 5.82 Å². The Bertz CT molecular complexity index is 491. The van der Waals surface area contributed by atoms with Crippen LogP contribution in [0.3, 0.4) is 0 Å². The Labute approximate surface area is 128 Å². The van der Waals surface area contributed by atoms with Crippen LogP contribution in [-0.4, -0.2) is 29.7 Å². The first-order valence-electron chi connectivity index (χ1n) is 7.17. The third kappa shape index (κ3) is 4.95. The van der Waals surface area contributed by atoms with Crippen molar-refractivity contribution < 1.29 is 14.3 Å². The fourth-order valence-corrected chi connectivity index (χ4v) is 2.65. The predicted molar refractivity (Wildman–Crippen MR) is 79.5 cm³/mol.